The van der Waals surface area contributed by atoms with Crippen LogP contribution in [0.15, 0.2) is 41.8 Å². The van der Waals surface area contributed by atoms with Crippen molar-refractivity contribution in [1.29, 1.82) is 0 Å². The monoisotopic (exact) mass is 487 g/mol. The quantitative estimate of drug-likeness (QED) is 0.463. The van der Waals surface area contributed by atoms with Crippen LogP contribution >= 0.6 is 0 Å². The number of aliphatic imine (C=N–C) groups is 1. The van der Waals surface area contributed by atoms with E-state index in [9.17, 15) is 5.11 Å². The molecule has 1 aromatic carbocycles. The van der Waals surface area contributed by atoms with Crippen LogP contribution in [0, 0.1) is 0 Å². The standard InChI is InChI=1S/C28H37N7O/c1-18(24-16-34(7)17-30-24)11-19-12-21(25(36)13-23(19)29-6)22-9-10-26(32-31-22)35(8)20-14-27(2,3)33-28(4,5)15-20/h9-13,16-17,20,33,36H,6,14-15H2,1-5,7-8H3/b18-11+. The number of aromatic nitrogens is 4. The molecule has 0 unspecified atom stereocenters. The van der Waals surface area contributed by atoms with Crippen LogP contribution in [-0.4, -0.2) is 55.7 Å². The van der Waals surface area contributed by atoms with Gasteiger partial charge in [0, 0.05) is 54.6 Å². The maximum absolute atomic E-state index is 10.7. The van der Waals surface area contributed by atoms with Gasteiger partial charge in [-0.3, -0.25) is 4.99 Å². The van der Waals surface area contributed by atoms with Crippen molar-refractivity contribution in [3.8, 4) is 17.0 Å². The molecule has 0 radical (unpaired) electrons. The van der Waals surface area contributed by atoms with Crippen molar-refractivity contribution in [3.63, 3.8) is 0 Å². The molecule has 0 amide bonds. The molecule has 0 atom stereocenters. The zero-order valence-corrected chi connectivity index (χ0v) is 22.4. The number of hydrogen-bond acceptors (Lipinski definition) is 7. The lowest BCUT2D eigenvalue weighted by Crippen LogP contribution is -2.62. The summed E-state index contributed by atoms with van der Waals surface area (Å²) in [5.41, 5.74) is 4.53. The van der Waals surface area contributed by atoms with Crippen LogP contribution in [0.25, 0.3) is 22.9 Å². The molecule has 3 aromatic rings. The van der Waals surface area contributed by atoms with Crippen LogP contribution in [0.1, 0.15) is 58.7 Å². The first-order valence-corrected chi connectivity index (χ1v) is 12.2. The molecule has 0 saturated carbocycles. The van der Waals surface area contributed by atoms with E-state index in [1.165, 1.54) is 0 Å². The summed E-state index contributed by atoms with van der Waals surface area (Å²) in [6.07, 6.45) is 7.74. The van der Waals surface area contributed by atoms with E-state index in [2.05, 4.69) is 71.9 Å². The number of benzene rings is 1. The van der Waals surface area contributed by atoms with E-state index < -0.39 is 0 Å². The number of allylic oxidation sites excluding steroid dienone is 1. The largest absolute Gasteiger partial charge is 0.507 e. The van der Waals surface area contributed by atoms with Crippen molar-refractivity contribution in [2.75, 3.05) is 11.9 Å². The molecule has 0 spiro atoms. The predicted octanol–water partition coefficient (Wildman–Crippen LogP) is 5.22. The number of phenols is 1. The van der Waals surface area contributed by atoms with Gasteiger partial charge in [-0.05, 0) is 84.0 Å². The molecule has 1 saturated heterocycles. The molecule has 36 heavy (non-hydrogen) atoms. The fourth-order valence-electron chi connectivity index (χ4n) is 5.36. The van der Waals surface area contributed by atoms with Crippen molar-refractivity contribution in [2.45, 2.75) is 64.6 Å². The van der Waals surface area contributed by atoms with Crippen LogP contribution in [0.3, 0.4) is 0 Å². The summed E-state index contributed by atoms with van der Waals surface area (Å²) < 4.78 is 1.90. The fraction of sp³-hybridized carbons (Fsp3) is 0.429. The summed E-state index contributed by atoms with van der Waals surface area (Å²) in [5.74, 6) is 0.898. The first kappa shape index (κ1) is 25.6. The normalized spacial score (nSPS) is 17.7. The van der Waals surface area contributed by atoms with Gasteiger partial charge in [0.2, 0.25) is 0 Å². The summed E-state index contributed by atoms with van der Waals surface area (Å²) >= 11 is 0. The van der Waals surface area contributed by atoms with Crippen LogP contribution < -0.4 is 10.2 Å². The first-order chi connectivity index (χ1) is 16.9. The molecular weight excluding hydrogens is 450 g/mol. The minimum absolute atomic E-state index is 0.0398. The Morgan fingerprint density at radius 3 is 2.44 bits per heavy atom. The SMILES string of the molecule is C=Nc1cc(O)c(-c2ccc(N(C)C3CC(C)(C)NC(C)(C)C3)nn2)cc1/C=C(\C)c1cn(C)cn1. The molecule has 8 nitrogen and oxygen atoms in total. The zero-order chi connectivity index (χ0) is 26.3. The number of imidazole rings is 1. The van der Waals surface area contributed by atoms with Gasteiger partial charge in [-0.2, -0.15) is 0 Å². The Labute approximate surface area is 213 Å². The molecule has 190 valence electrons. The van der Waals surface area contributed by atoms with E-state index in [1.807, 2.05) is 49.0 Å². The number of rotatable bonds is 6. The van der Waals surface area contributed by atoms with Crippen molar-refractivity contribution in [3.05, 3.63) is 48.0 Å². The average Bonchev–Trinajstić information content (AvgIpc) is 3.24. The molecule has 3 heterocycles. The van der Waals surface area contributed by atoms with Gasteiger partial charge in [0.15, 0.2) is 5.82 Å². The number of hydrogen-bond donors (Lipinski definition) is 2. The third-order valence-corrected chi connectivity index (χ3v) is 6.80. The van der Waals surface area contributed by atoms with Crippen molar-refractivity contribution >= 4 is 29.9 Å². The van der Waals surface area contributed by atoms with E-state index in [0.29, 0.717) is 23.0 Å². The zero-order valence-electron chi connectivity index (χ0n) is 22.4. The highest BCUT2D eigenvalue weighted by molar-refractivity contribution is 5.86. The van der Waals surface area contributed by atoms with Crippen molar-refractivity contribution in [1.82, 2.24) is 25.1 Å². The maximum atomic E-state index is 10.7. The second-order valence-electron chi connectivity index (χ2n) is 11.2. The number of nitrogens with one attached hydrogen (secondary N) is 1. The van der Waals surface area contributed by atoms with Gasteiger partial charge in [-0.25, -0.2) is 4.98 Å². The molecule has 1 fully saturated rings. The maximum Gasteiger partial charge on any atom is 0.151 e. The summed E-state index contributed by atoms with van der Waals surface area (Å²) in [7, 11) is 4.02. The van der Waals surface area contributed by atoms with Crippen LogP contribution in [-0.2, 0) is 7.05 Å². The fourth-order valence-corrected chi connectivity index (χ4v) is 5.36. The Balaban J connectivity index is 1.63. The Morgan fingerprint density at radius 1 is 1.19 bits per heavy atom. The Kier molecular flexibility index (Phi) is 6.75. The summed E-state index contributed by atoms with van der Waals surface area (Å²) in [5, 5.41) is 23.5. The molecule has 4 rings (SSSR count). The van der Waals surface area contributed by atoms with E-state index >= 15 is 0 Å². The van der Waals surface area contributed by atoms with Gasteiger partial charge in [0.25, 0.3) is 0 Å². The first-order valence-electron chi connectivity index (χ1n) is 12.2. The van der Waals surface area contributed by atoms with Crippen LogP contribution in [0.2, 0.25) is 0 Å². The third-order valence-electron chi connectivity index (χ3n) is 6.80. The van der Waals surface area contributed by atoms with E-state index in [0.717, 1.165) is 35.5 Å². The lowest BCUT2D eigenvalue weighted by atomic mass is 9.79. The van der Waals surface area contributed by atoms with Crippen LogP contribution in [0.4, 0.5) is 11.5 Å². The minimum Gasteiger partial charge on any atom is -0.507 e. The second-order valence-corrected chi connectivity index (χ2v) is 11.2. The second kappa shape index (κ2) is 9.50. The summed E-state index contributed by atoms with van der Waals surface area (Å²) in [4.78, 5) is 10.7. The van der Waals surface area contributed by atoms with E-state index in [1.54, 1.807) is 12.4 Å². The highest BCUT2D eigenvalue weighted by Gasteiger charge is 2.39. The highest BCUT2D eigenvalue weighted by Crippen LogP contribution is 2.37. The molecule has 1 aliphatic heterocycles. The third kappa shape index (κ3) is 5.49. The molecule has 2 N–H and O–H groups in total. The van der Waals surface area contributed by atoms with Crippen molar-refractivity contribution < 1.29 is 5.11 Å². The van der Waals surface area contributed by atoms with Gasteiger partial charge in [0.1, 0.15) is 5.75 Å². The lowest BCUT2D eigenvalue weighted by molar-refractivity contribution is 0.160. The highest BCUT2D eigenvalue weighted by atomic mass is 16.3. The van der Waals surface area contributed by atoms with Gasteiger partial charge < -0.3 is 19.9 Å². The number of aryl methyl sites for hydroxylation is 1. The van der Waals surface area contributed by atoms with Crippen LogP contribution in [0.5, 0.6) is 5.75 Å². The number of phenolic OH excluding ortho intramolecular Hbond substituents is 1. The molecule has 1 aliphatic rings. The van der Waals surface area contributed by atoms with Gasteiger partial charge in [-0.1, -0.05) is 0 Å². The summed E-state index contributed by atoms with van der Waals surface area (Å²) in [6.45, 7) is 14.6. The van der Waals surface area contributed by atoms with E-state index in [4.69, 9.17) is 0 Å². The topological polar surface area (TPSA) is 91.5 Å². The van der Waals surface area contributed by atoms with Gasteiger partial charge >= 0.3 is 0 Å². The minimum atomic E-state index is 0.0398. The number of aromatic hydroxyl groups is 1. The number of piperidine rings is 1. The van der Waals surface area contributed by atoms with Gasteiger partial charge in [-0.15, -0.1) is 10.2 Å². The average molecular weight is 488 g/mol. The molecule has 2 aromatic heterocycles. The number of anilines is 1. The molecule has 0 bridgehead atoms. The lowest BCUT2D eigenvalue weighted by Gasteiger charge is -2.49. The summed E-state index contributed by atoms with van der Waals surface area (Å²) in [6, 6.07) is 7.70. The number of nitrogens with zero attached hydrogens (tertiary/aromatic N) is 6. The predicted molar refractivity (Wildman–Crippen MR) is 148 cm³/mol. The Hall–Kier alpha value is -3.52. The Bertz CT molecular complexity index is 1270. The van der Waals surface area contributed by atoms with Gasteiger partial charge in [0.05, 0.1) is 23.4 Å². The Morgan fingerprint density at radius 2 is 1.89 bits per heavy atom. The molecular formula is C28H37N7O. The smallest absolute Gasteiger partial charge is 0.151 e. The molecule has 8 heteroatoms. The molecule has 0 aliphatic carbocycles. The van der Waals surface area contributed by atoms with E-state index in [-0.39, 0.29) is 16.8 Å². The van der Waals surface area contributed by atoms with Crippen molar-refractivity contribution in [2.24, 2.45) is 12.0 Å².